The Bertz CT molecular complexity index is 209. The average Bonchev–Trinajstić information content (AvgIpc) is 2.34. The van der Waals surface area contributed by atoms with Gasteiger partial charge < -0.3 is 5.73 Å². The van der Waals surface area contributed by atoms with Crippen LogP contribution in [0.4, 0.5) is 4.39 Å². The Kier molecular flexibility index (Phi) is 2.34. The van der Waals surface area contributed by atoms with Crippen molar-refractivity contribution in [2.45, 2.75) is 19.6 Å². The average molecular weight is 160 g/mol. The lowest BCUT2D eigenvalue weighted by Gasteiger charge is -1.95. The van der Waals surface area contributed by atoms with Gasteiger partial charge in [0.1, 0.15) is 11.7 Å². The molecular formula is C6H9FN2S. The molecule has 0 fully saturated rings. The first-order chi connectivity index (χ1) is 4.74. The maximum atomic E-state index is 11.9. The number of alkyl halides is 1. The summed E-state index contributed by atoms with van der Waals surface area (Å²) in [5, 5.41) is 0.799. The van der Waals surface area contributed by atoms with Gasteiger partial charge in [0, 0.05) is 6.20 Å². The van der Waals surface area contributed by atoms with E-state index in [9.17, 15) is 4.39 Å². The van der Waals surface area contributed by atoms with Crippen LogP contribution in [0.5, 0.6) is 0 Å². The fraction of sp³-hybridized carbons (Fsp3) is 0.500. The highest BCUT2D eigenvalue weighted by molar-refractivity contribution is 7.11. The molecular weight excluding hydrogens is 151 g/mol. The Labute approximate surface area is 62.9 Å². The first kappa shape index (κ1) is 7.63. The fourth-order valence-electron chi connectivity index (χ4n) is 0.595. The largest absolute Gasteiger partial charge is 0.322 e. The van der Waals surface area contributed by atoms with Gasteiger partial charge in [0.15, 0.2) is 0 Å². The summed E-state index contributed by atoms with van der Waals surface area (Å²) in [6.45, 7) is 1.39. The number of nitrogens with zero attached hydrogens (tertiary/aromatic N) is 1. The molecule has 0 aliphatic heterocycles. The SMILES string of the molecule is CC(N)c1ncc(CF)s1. The van der Waals surface area contributed by atoms with Crippen LogP contribution < -0.4 is 5.73 Å². The van der Waals surface area contributed by atoms with Crippen LogP contribution in [-0.4, -0.2) is 4.98 Å². The van der Waals surface area contributed by atoms with E-state index in [1.54, 1.807) is 0 Å². The van der Waals surface area contributed by atoms with Crippen molar-refractivity contribution in [2.24, 2.45) is 5.73 Å². The molecule has 0 saturated carbocycles. The van der Waals surface area contributed by atoms with Gasteiger partial charge in [0.05, 0.1) is 10.9 Å². The van der Waals surface area contributed by atoms with Crippen molar-refractivity contribution in [1.82, 2.24) is 4.98 Å². The minimum absolute atomic E-state index is 0.0784. The van der Waals surface area contributed by atoms with Crippen molar-refractivity contribution in [3.05, 3.63) is 16.1 Å². The van der Waals surface area contributed by atoms with Gasteiger partial charge in [-0.05, 0) is 6.92 Å². The van der Waals surface area contributed by atoms with Gasteiger partial charge in [0.2, 0.25) is 0 Å². The van der Waals surface area contributed by atoms with E-state index in [2.05, 4.69) is 4.98 Å². The van der Waals surface area contributed by atoms with Crippen molar-refractivity contribution in [3.8, 4) is 0 Å². The summed E-state index contributed by atoms with van der Waals surface area (Å²) in [6, 6.07) is -0.0784. The highest BCUT2D eigenvalue weighted by Gasteiger charge is 2.04. The molecule has 2 nitrogen and oxygen atoms in total. The maximum Gasteiger partial charge on any atom is 0.125 e. The van der Waals surface area contributed by atoms with Crippen molar-refractivity contribution in [1.29, 1.82) is 0 Å². The molecule has 1 unspecified atom stereocenters. The quantitative estimate of drug-likeness (QED) is 0.714. The van der Waals surface area contributed by atoms with Gasteiger partial charge in [-0.3, -0.25) is 0 Å². The predicted octanol–water partition coefficient (Wildman–Crippen LogP) is 1.63. The number of hydrogen-bond donors (Lipinski definition) is 1. The summed E-state index contributed by atoms with van der Waals surface area (Å²) in [6.07, 6.45) is 1.53. The highest BCUT2D eigenvalue weighted by Crippen LogP contribution is 2.18. The Morgan fingerprint density at radius 3 is 2.90 bits per heavy atom. The zero-order chi connectivity index (χ0) is 7.56. The van der Waals surface area contributed by atoms with Crippen molar-refractivity contribution >= 4 is 11.3 Å². The normalized spacial score (nSPS) is 13.5. The molecule has 1 atom stereocenters. The van der Waals surface area contributed by atoms with E-state index < -0.39 is 6.67 Å². The van der Waals surface area contributed by atoms with E-state index in [4.69, 9.17) is 5.73 Å². The van der Waals surface area contributed by atoms with E-state index >= 15 is 0 Å². The third-order valence-electron chi connectivity index (χ3n) is 1.09. The summed E-state index contributed by atoms with van der Waals surface area (Å²) >= 11 is 1.33. The van der Waals surface area contributed by atoms with Crippen LogP contribution in [0, 0.1) is 0 Å². The van der Waals surface area contributed by atoms with E-state index in [-0.39, 0.29) is 6.04 Å². The summed E-state index contributed by atoms with van der Waals surface area (Å²) in [5.41, 5.74) is 5.51. The van der Waals surface area contributed by atoms with Gasteiger partial charge in [-0.2, -0.15) is 0 Å². The van der Waals surface area contributed by atoms with Crippen molar-refractivity contribution in [2.75, 3.05) is 0 Å². The Hall–Kier alpha value is -0.480. The monoisotopic (exact) mass is 160 g/mol. The van der Waals surface area contributed by atoms with Crippen LogP contribution in [0.2, 0.25) is 0 Å². The predicted molar refractivity (Wildman–Crippen MR) is 39.5 cm³/mol. The fourth-order valence-corrected chi connectivity index (χ4v) is 1.31. The van der Waals surface area contributed by atoms with Gasteiger partial charge in [0.25, 0.3) is 0 Å². The lowest BCUT2D eigenvalue weighted by Crippen LogP contribution is -2.03. The van der Waals surface area contributed by atoms with Crippen molar-refractivity contribution < 1.29 is 4.39 Å². The number of hydrogen-bond acceptors (Lipinski definition) is 3. The molecule has 4 heteroatoms. The molecule has 0 bridgehead atoms. The molecule has 10 heavy (non-hydrogen) atoms. The lowest BCUT2D eigenvalue weighted by atomic mass is 10.4. The molecule has 0 spiro atoms. The molecule has 1 heterocycles. The Morgan fingerprint density at radius 2 is 2.60 bits per heavy atom. The second kappa shape index (κ2) is 3.07. The Balaban J connectivity index is 2.78. The zero-order valence-corrected chi connectivity index (χ0v) is 6.49. The molecule has 1 aromatic rings. The van der Waals surface area contributed by atoms with Gasteiger partial charge in [-0.25, -0.2) is 9.37 Å². The summed E-state index contributed by atoms with van der Waals surface area (Å²) in [4.78, 5) is 4.59. The van der Waals surface area contributed by atoms with Crippen LogP contribution in [0.1, 0.15) is 22.9 Å². The van der Waals surface area contributed by atoms with Crippen LogP contribution in [0.3, 0.4) is 0 Å². The van der Waals surface area contributed by atoms with E-state index in [1.165, 1.54) is 17.5 Å². The van der Waals surface area contributed by atoms with Crippen molar-refractivity contribution in [3.63, 3.8) is 0 Å². The summed E-state index contributed by atoms with van der Waals surface area (Å²) in [5.74, 6) is 0. The maximum absolute atomic E-state index is 11.9. The number of aromatic nitrogens is 1. The third-order valence-corrected chi connectivity index (χ3v) is 2.26. The number of halogens is 1. The molecule has 0 amide bonds. The lowest BCUT2D eigenvalue weighted by molar-refractivity contribution is 0.491. The standard InChI is InChI=1S/C6H9FN2S/c1-4(8)6-9-3-5(2-7)10-6/h3-4H,2,8H2,1H3. The van der Waals surface area contributed by atoms with Crippen LogP contribution in [0.25, 0.3) is 0 Å². The second-order valence-electron chi connectivity index (χ2n) is 2.09. The minimum atomic E-state index is -0.440. The van der Waals surface area contributed by atoms with E-state index in [0.717, 1.165) is 5.01 Å². The smallest absolute Gasteiger partial charge is 0.125 e. The molecule has 1 rings (SSSR count). The zero-order valence-electron chi connectivity index (χ0n) is 5.67. The van der Waals surface area contributed by atoms with Crippen LogP contribution in [0.15, 0.2) is 6.20 Å². The number of thiazole rings is 1. The molecule has 0 aliphatic rings. The molecule has 0 aliphatic carbocycles. The highest BCUT2D eigenvalue weighted by atomic mass is 32.1. The molecule has 0 aromatic carbocycles. The molecule has 56 valence electrons. The molecule has 0 radical (unpaired) electrons. The minimum Gasteiger partial charge on any atom is -0.322 e. The number of nitrogens with two attached hydrogens (primary N) is 1. The molecule has 0 saturated heterocycles. The van der Waals surface area contributed by atoms with Gasteiger partial charge >= 0.3 is 0 Å². The van der Waals surface area contributed by atoms with Gasteiger partial charge in [-0.15, -0.1) is 11.3 Å². The van der Waals surface area contributed by atoms with Crippen LogP contribution in [-0.2, 0) is 6.67 Å². The first-order valence-electron chi connectivity index (χ1n) is 3.00. The molecule has 1 aromatic heterocycles. The Morgan fingerprint density at radius 1 is 1.90 bits per heavy atom. The third kappa shape index (κ3) is 1.52. The summed E-state index contributed by atoms with van der Waals surface area (Å²) in [7, 11) is 0. The van der Waals surface area contributed by atoms with Gasteiger partial charge in [-0.1, -0.05) is 0 Å². The number of rotatable bonds is 2. The summed E-state index contributed by atoms with van der Waals surface area (Å²) < 4.78 is 11.9. The van der Waals surface area contributed by atoms with E-state index in [0.29, 0.717) is 4.88 Å². The second-order valence-corrected chi connectivity index (χ2v) is 3.23. The van der Waals surface area contributed by atoms with Crippen LogP contribution >= 0.6 is 11.3 Å². The van der Waals surface area contributed by atoms with E-state index in [1.807, 2.05) is 6.92 Å². The first-order valence-corrected chi connectivity index (χ1v) is 3.82. The molecule has 2 N–H and O–H groups in total. The topological polar surface area (TPSA) is 38.9 Å².